The third-order valence-corrected chi connectivity index (χ3v) is 3.95. The zero-order chi connectivity index (χ0) is 16.8. The number of rotatable bonds is 9. The summed E-state index contributed by atoms with van der Waals surface area (Å²) in [4.78, 5) is 0. The lowest BCUT2D eigenvalue weighted by Gasteiger charge is -2.15. The quantitative estimate of drug-likeness (QED) is 0.692. The Hall–Kier alpha value is -2.11. The van der Waals surface area contributed by atoms with Crippen LogP contribution in [0.5, 0.6) is 5.75 Å². The second-order valence-corrected chi connectivity index (χ2v) is 6.03. The number of aliphatic hydroxyl groups is 1. The van der Waals surface area contributed by atoms with Gasteiger partial charge in [0.15, 0.2) is 12.1 Å². The fraction of sp³-hybridized carbons (Fsp3) is 0.421. The van der Waals surface area contributed by atoms with Crippen LogP contribution in [0.2, 0.25) is 0 Å². The van der Waals surface area contributed by atoms with Crippen LogP contribution in [0.15, 0.2) is 34.9 Å². The molecule has 2 aromatic rings. The fourth-order valence-electron chi connectivity index (χ4n) is 2.37. The maximum atomic E-state index is 10.1. The van der Waals surface area contributed by atoms with E-state index in [0.717, 1.165) is 24.2 Å². The van der Waals surface area contributed by atoms with Crippen molar-refractivity contribution < 1.29 is 14.4 Å². The van der Waals surface area contributed by atoms with Crippen molar-refractivity contribution in [1.29, 1.82) is 0 Å². The van der Waals surface area contributed by atoms with Gasteiger partial charge in [-0.25, -0.2) is 0 Å². The number of nitrogens with one attached hydrogen (secondary N) is 1. The highest BCUT2D eigenvalue weighted by molar-refractivity contribution is 5.70. The number of benzene rings is 1. The van der Waals surface area contributed by atoms with E-state index in [1.807, 2.05) is 49.4 Å². The number of para-hydroxylation sites is 1. The summed E-state index contributed by atoms with van der Waals surface area (Å²) in [6.45, 7) is 2.80. The van der Waals surface area contributed by atoms with Crippen LogP contribution in [0, 0.1) is 0 Å². The van der Waals surface area contributed by atoms with Gasteiger partial charge in [-0.2, -0.15) is 0 Å². The first-order valence-corrected chi connectivity index (χ1v) is 8.55. The maximum Gasteiger partial charge on any atom is 0.198 e. The molecule has 0 radical (unpaired) electrons. The zero-order valence-electron chi connectivity index (χ0n) is 13.9. The normalized spacial score (nSPS) is 15.8. The van der Waals surface area contributed by atoms with Crippen LogP contribution in [0.4, 0.5) is 0 Å². The minimum atomic E-state index is -0.817. The van der Waals surface area contributed by atoms with Gasteiger partial charge >= 0.3 is 0 Å². The van der Waals surface area contributed by atoms with E-state index in [2.05, 4.69) is 10.5 Å². The van der Waals surface area contributed by atoms with Gasteiger partial charge in [-0.3, -0.25) is 0 Å². The Bertz CT molecular complexity index is 677. The summed E-state index contributed by atoms with van der Waals surface area (Å²) >= 11 is 0. The lowest BCUT2D eigenvalue weighted by molar-refractivity contribution is -0.0225. The summed E-state index contributed by atoms with van der Waals surface area (Å²) in [5.74, 6) is 1.36. The second kappa shape index (κ2) is 8.13. The summed E-state index contributed by atoms with van der Waals surface area (Å²) < 4.78 is 10.9. The van der Waals surface area contributed by atoms with Gasteiger partial charge in [-0.05, 0) is 37.5 Å². The van der Waals surface area contributed by atoms with Gasteiger partial charge in [-0.1, -0.05) is 30.3 Å². The minimum absolute atomic E-state index is 0.566. The Morgan fingerprint density at radius 3 is 2.96 bits per heavy atom. The predicted octanol–water partition coefficient (Wildman–Crippen LogP) is 3.25. The van der Waals surface area contributed by atoms with Gasteiger partial charge in [0.2, 0.25) is 0 Å². The molecule has 24 heavy (non-hydrogen) atoms. The number of hydrogen-bond donors (Lipinski definition) is 2. The maximum absolute atomic E-state index is 10.1. The molecule has 1 fully saturated rings. The van der Waals surface area contributed by atoms with E-state index in [-0.39, 0.29) is 0 Å². The van der Waals surface area contributed by atoms with Crippen LogP contribution in [-0.4, -0.2) is 29.1 Å². The van der Waals surface area contributed by atoms with Gasteiger partial charge in [0.1, 0.15) is 5.75 Å². The molecule has 1 aromatic carbocycles. The highest BCUT2D eigenvalue weighted by Gasteiger charge is 2.20. The number of aromatic nitrogens is 1. The average molecular weight is 328 g/mol. The summed E-state index contributed by atoms with van der Waals surface area (Å²) in [6, 6.07) is 10.2. The fourth-order valence-corrected chi connectivity index (χ4v) is 2.37. The molecule has 1 atom stereocenters. The molecule has 128 valence electrons. The first-order valence-electron chi connectivity index (χ1n) is 8.55. The molecular weight excluding hydrogens is 304 g/mol. The standard InChI is InChI=1S/C19H24N2O3/c1-2-15-13-17(24-21-15)10-7-14-5-3-4-6-18(14)23-19(22)11-12-20-16-8-9-16/h3-7,10,13,16,19-20,22H,2,8-9,11-12H2,1H3/b10-7+. The molecule has 1 unspecified atom stereocenters. The Morgan fingerprint density at radius 1 is 1.38 bits per heavy atom. The Kier molecular flexibility index (Phi) is 5.67. The third kappa shape index (κ3) is 4.94. The highest BCUT2D eigenvalue weighted by atomic mass is 16.6. The summed E-state index contributed by atoms with van der Waals surface area (Å²) in [6.07, 6.45) is 6.84. The van der Waals surface area contributed by atoms with E-state index in [4.69, 9.17) is 9.26 Å². The lowest BCUT2D eigenvalue weighted by atomic mass is 10.1. The molecule has 1 aliphatic carbocycles. The van der Waals surface area contributed by atoms with Gasteiger partial charge in [0.25, 0.3) is 0 Å². The number of aliphatic hydroxyl groups excluding tert-OH is 1. The van der Waals surface area contributed by atoms with E-state index in [0.29, 0.717) is 24.0 Å². The molecule has 1 aromatic heterocycles. The molecule has 5 heteroatoms. The topological polar surface area (TPSA) is 67.5 Å². The van der Waals surface area contributed by atoms with Crippen molar-refractivity contribution in [3.05, 3.63) is 47.3 Å². The van der Waals surface area contributed by atoms with Crippen LogP contribution in [-0.2, 0) is 6.42 Å². The average Bonchev–Trinajstić information content (AvgIpc) is 3.30. The van der Waals surface area contributed by atoms with E-state index in [1.165, 1.54) is 12.8 Å². The first kappa shape index (κ1) is 16.7. The molecule has 5 nitrogen and oxygen atoms in total. The summed E-state index contributed by atoms with van der Waals surface area (Å²) in [7, 11) is 0. The van der Waals surface area contributed by atoms with Gasteiger partial charge in [-0.15, -0.1) is 0 Å². The molecule has 0 saturated heterocycles. The predicted molar refractivity (Wildman–Crippen MR) is 93.5 cm³/mol. The highest BCUT2D eigenvalue weighted by Crippen LogP contribution is 2.23. The monoisotopic (exact) mass is 328 g/mol. The third-order valence-electron chi connectivity index (χ3n) is 3.95. The lowest BCUT2D eigenvalue weighted by Crippen LogP contribution is -2.25. The van der Waals surface area contributed by atoms with E-state index >= 15 is 0 Å². The molecule has 0 aliphatic heterocycles. The van der Waals surface area contributed by atoms with E-state index < -0.39 is 6.29 Å². The first-order chi connectivity index (χ1) is 11.7. The molecular formula is C19H24N2O3. The van der Waals surface area contributed by atoms with E-state index in [1.54, 1.807) is 0 Å². The van der Waals surface area contributed by atoms with Crippen molar-refractivity contribution in [3.63, 3.8) is 0 Å². The van der Waals surface area contributed by atoms with Gasteiger partial charge in [0, 0.05) is 30.6 Å². The number of ether oxygens (including phenoxy) is 1. The summed E-state index contributed by atoms with van der Waals surface area (Å²) in [5, 5.41) is 17.4. The van der Waals surface area contributed by atoms with Gasteiger partial charge in [0.05, 0.1) is 5.69 Å². The smallest absolute Gasteiger partial charge is 0.198 e. The van der Waals surface area contributed by atoms with Crippen molar-refractivity contribution >= 4 is 12.2 Å². The van der Waals surface area contributed by atoms with Crippen LogP contribution in [0.3, 0.4) is 0 Å². The zero-order valence-corrected chi connectivity index (χ0v) is 13.9. The molecule has 1 heterocycles. The number of nitrogens with zero attached hydrogens (tertiary/aromatic N) is 1. The van der Waals surface area contributed by atoms with Crippen molar-refractivity contribution in [2.45, 2.75) is 44.9 Å². The number of hydrogen-bond acceptors (Lipinski definition) is 5. The Morgan fingerprint density at radius 2 is 2.21 bits per heavy atom. The molecule has 1 aliphatic rings. The molecule has 0 spiro atoms. The van der Waals surface area contributed by atoms with Crippen molar-refractivity contribution in [2.24, 2.45) is 0 Å². The largest absolute Gasteiger partial charge is 0.464 e. The van der Waals surface area contributed by atoms with Crippen LogP contribution >= 0.6 is 0 Å². The number of aryl methyl sites for hydroxylation is 1. The van der Waals surface area contributed by atoms with Crippen molar-refractivity contribution in [1.82, 2.24) is 10.5 Å². The molecule has 1 saturated carbocycles. The SMILES string of the molecule is CCc1cc(/C=C/c2ccccc2OC(O)CCNC2CC2)on1. The molecule has 3 rings (SSSR count). The van der Waals surface area contributed by atoms with E-state index in [9.17, 15) is 5.11 Å². The second-order valence-electron chi connectivity index (χ2n) is 6.03. The van der Waals surface area contributed by atoms with Crippen LogP contribution < -0.4 is 10.1 Å². The molecule has 2 N–H and O–H groups in total. The van der Waals surface area contributed by atoms with Crippen LogP contribution in [0.1, 0.15) is 43.2 Å². The molecule has 0 amide bonds. The summed E-state index contributed by atoms with van der Waals surface area (Å²) in [5.41, 5.74) is 1.82. The Labute approximate surface area is 142 Å². The molecule has 0 bridgehead atoms. The van der Waals surface area contributed by atoms with Gasteiger partial charge < -0.3 is 19.7 Å². The minimum Gasteiger partial charge on any atom is -0.464 e. The Balaban J connectivity index is 1.59. The van der Waals surface area contributed by atoms with Crippen LogP contribution in [0.25, 0.3) is 12.2 Å². The van der Waals surface area contributed by atoms with Crippen molar-refractivity contribution in [2.75, 3.05) is 6.54 Å². The van der Waals surface area contributed by atoms with Crippen molar-refractivity contribution in [3.8, 4) is 5.75 Å².